The van der Waals surface area contributed by atoms with Crippen LogP contribution in [0.3, 0.4) is 0 Å². The maximum Gasteiger partial charge on any atom is 0.128 e. The Hall–Kier alpha value is -1.94. The number of hydrogen-bond donors (Lipinski definition) is 1. The number of nitrogens with one attached hydrogen (secondary N) is 1. The highest BCUT2D eigenvalue weighted by atomic mass is 15.2. The van der Waals surface area contributed by atoms with Gasteiger partial charge in [-0.2, -0.15) is 0 Å². The Morgan fingerprint density at radius 2 is 1.86 bits per heavy atom. The molecule has 4 nitrogen and oxygen atoms in total. The van der Waals surface area contributed by atoms with Gasteiger partial charge in [0.1, 0.15) is 5.82 Å². The lowest BCUT2D eigenvalue weighted by Crippen LogP contribution is -2.43. The summed E-state index contributed by atoms with van der Waals surface area (Å²) in [6, 6.07) is 11.2. The summed E-state index contributed by atoms with van der Waals surface area (Å²) >= 11 is 0. The second kappa shape index (κ2) is 6.68. The van der Waals surface area contributed by atoms with Gasteiger partial charge in [-0.3, -0.25) is 4.98 Å². The van der Waals surface area contributed by atoms with Crippen molar-refractivity contribution in [2.45, 2.75) is 31.8 Å². The van der Waals surface area contributed by atoms with E-state index in [0.29, 0.717) is 12.1 Å². The number of rotatable bonds is 4. The quantitative estimate of drug-likeness (QED) is 0.936. The molecule has 0 bridgehead atoms. The molecule has 3 heterocycles. The van der Waals surface area contributed by atoms with Crippen molar-refractivity contribution in [1.29, 1.82) is 0 Å². The van der Waals surface area contributed by atoms with E-state index < -0.39 is 0 Å². The molecule has 0 radical (unpaired) electrons. The largest absolute Gasteiger partial charge is 0.357 e. The lowest BCUT2D eigenvalue weighted by atomic mass is 10.0. The van der Waals surface area contributed by atoms with Crippen LogP contribution in [0.5, 0.6) is 0 Å². The Kier molecular flexibility index (Phi) is 4.46. The first-order chi connectivity index (χ1) is 10.3. The molecule has 3 rings (SSSR count). The molecular weight excluding hydrogens is 260 g/mol. The van der Waals surface area contributed by atoms with Crippen molar-refractivity contribution in [2.75, 3.05) is 18.0 Å². The first-order valence-electron chi connectivity index (χ1n) is 7.65. The molecule has 1 aliphatic rings. The highest BCUT2D eigenvalue weighted by Crippen LogP contribution is 2.20. The van der Waals surface area contributed by atoms with Gasteiger partial charge < -0.3 is 10.2 Å². The van der Waals surface area contributed by atoms with Crippen molar-refractivity contribution in [3.63, 3.8) is 0 Å². The van der Waals surface area contributed by atoms with Gasteiger partial charge in [-0.15, -0.1) is 0 Å². The molecule has 1 unspecified atom stereocenters. The van der Waals surface area contributed by atoms with E-state index in [9.17, 15) is 0 Å². The van der Waals surface area contributed by atoms with E-state index in [1.165, 1.54) is 5.56 Å². The van der Waals surface area contributed by atoms with Crippen molar-refractivity contribution < 1.29 is 0 Å². The van der Waals surface area contributed by atoms with Gasteiger partial charge in [0.25, 0.3) is 0 Å². The minimum absolute atomic E-state index is 0.374. The third kappa shape index (κ3) is 3.58. The summed E-state index contributed by atoms with van der Waals surface area (Å²) < 4.78 is 0. The molecule has 1 atom stereocenters. The van der Waals surface area contributed by atoms with Crippen molar-refractivity contribution in [2.24, 2.45) is 0 Å². The summed E-state index contributed by atoms with van der Waals surface area (Å²) in [7, 11) is 0. The van der Waals surface area contributed by atoms with Gasteiger partial charge in [0.05, 0.1) is 0 Å². The molecule has 1 N–H and O–H groups in total. The number of piperidine rings is 1. The normalized spacial score (nSPS) is 17.7. The Morgan fingerprint density at radius 3 is 2.52 bits per heavy atom. The Bertz CT molecular complexity index is 535. The number of aromatic nitrogens is 2. The molecule has 1 fully saturated rings. The van der Waals surface area contributed by atoms with Crippen LogP contribution in [0.1, 0.15) is 31.4 Å². The van der Waals surface area contributed by atoms with Crippen LogP contribution in [-0.4, -0.2) is 29.1 Å². The molecular formula is C17H22N4. The molecule has 2 aromatic heterocycles. The van der Waals surface area contributed by atoms with Gasteiger partial charge in [0.15, 0.2) is 0 Å². The summed E-state index contributed by atoms with van der Waals surface area (Å²) in [5.41, 5.74) is 1.30. The molecule has 0 aromatic carbocycles. The van der Waals surface area contributed by atoms with E-state index in [0.717, 1.165) is 31.7 Å². The number of nitrogens with zero attached hydrogens (tertiary/aromatic N) is 3. The second-order valence-electron chi connectivity index (χ2n) is 5.62. The third-order valence-electron chi connectivity index (χ3n) is 4.16. The molecule has 2 aromatic rings. The van der Waals surface area contributed by atoms with Crippen LogP contribution in [0.2, 0.25) is 0 Å². The minimum Gasteiger partial charge on any atom is -0.357 e. The van der Waals surface area contributed by atoms with Crippen molar-refractivity contribution in [3.05, 3.63) is 54.5 Å². The predicted molar refractivity (Wildman–Crippen MR) is 85.3 cm³/mol. The Labute approximate surface area is 126 Å². The lowest BCUT2D eigenvalue weighted by molar-refractivity contribution is 0.380. The van der Waals surface area contributed by atoms with Crippen LogP contribution in [0.25, 0.3) is 0 Å². The van der Waals surface area contributed by atoms with E-state index >= 15 is 0 Å². The Morgan fingerprint density at radius 1 is 1.10 bits per heavy atom. The standard InChI is InChI=1S/C17H22N4/c1-14(15-5-10-18-11-6-15)20-16-7-12-21(13-8-16)17-4-2-3-9-19-17/h2-6,9-11,14,16,20H,7-8,12-13H2,1H3. The average molecular weight is 282 g/mol. The monoisotopic (exact) mass is 282 g/mol. The SMILES string of the molecule is CC(NC1CCN(c2ccccn2)CC1)c1ccncc1. The fraction of sp³-hybridized carbons (Fsp3) is 0.412. The fourth-order valence-corrected chi connectivity index (χ4v) is 2.92. The summed E-state index contributed by atoms with van der Waals surface area (Å²) in [6.07, 6.45) is 7.90. The maximum absolute atomic E-state index is 4.43. The first-order valence-corrected chi connectivity index (χ1v) is 7.65. The van der Waals surface area contributed by atoms with Gasteiger partial charge in [-0.25, -0.2) is 4.98 Å². The highest BCUT2D eigenvalue weighted by Gasteiger charge is 2.21. The van der Waals surface area contributed by atoms with Crippen LogP contribution < -0.4 is 10.2 Å². The molecule has 110 valence electrons. The summed E-state index contributed by atoms with van der Waals surface area (Å²) in [4.78, 5) is 10.9. The average Bonchev–Trinajstić information content (AvgIpc) is 2.57. The predicted octanol–water partition coefficient (Wildman–Crippen LogP) is 2.80. The van der Waals surface area contributed by atoms with Gasteiger partial charge in [-0.1, -0.05) is 6.07 Å². The molecule has 21 heavy (non-hydrogen) atoms. The van der Waals surface area contributed by atoms with Crippen LogP contribution >= 0.6 is 0 Å². The van der Waals surface area contributed by atoms with Gasteiger partial charge in [-0.05, 0) is 49.6 Å². The summed E-state index contributed by atoms with van der Waals surface area (Å²) in [5, 5.41) is 3.73. The zero-order valence-electron chi connectivity index (χ0n) is 12.4. The van der Waals surface area contributed by atoms with Crippen molar-refractivity contribution >= 4 is 5.82 Å². The van der Waals surface area contributed by atoms with E-state index in [4.69, 9.17) is 0 Å². The Balaban J connectivity index is 1.52. The molecule has 0 saturated carbocycles. The molecule has 1 aliphatic heterocycles. The van der Waals surface area contributed by atoms with E-state index in [2.05, 4.69) is 51.4 Å². The van der Waals surface area contributed by atoms with E-state index in [1.807, 2.05) is 24.7 Å². The molecule has 1 saturated heterocycles. The smallest absolute Gasteiger partial charge is 0.128 e. The maximum atomic E-state index is 4.43. The highest BCUT2D eigenvalue weighted by molar-refractivity contribution is 5.38. The third-order valence-corrected chi connectivity index (χ3v) is 4.16. The van der Waals surface area contributed by atoms with Crippen LogP contribution in [0, 0.1) is 0 Å². The van der Waals surface area contributed by atoms with Crippen molar-refractivity contribution in [1.82, 2.24) is 15.3 Å². The van der Waals surface area contributed by atoms with Gasteiger partial charge >= 0.3 is 0 Å². The molecule has 0 aliphatic carbocycles. The lowest BCUT2D eigenvalue weighted by Gasteiger charge is -2.34. The molecule has 0 spiro atoms. The first kappa shape index (κ1) is 14.0. The zero-order valence-corrected chi connectivity index (χ0v) is 12.4. The van der Waals surface area contributed by atoms with E-state index in [-0.39, 0.29) is 0 Å². The van der Waals surface area contributed by atoms with E-state index in [1.54, 1.807) is 0 Å². The molecule has 0 amide bonds. The van der Waals surface area contributed by atoms with Crippen LogP contribution in [-0.2, 0) is 0 Å². The second-order valence-corrected chi connectivity index (χ2v) is 5.62. The topological polar surface area (TPSA) is 41.0 Å². The number of pyridine rings is 2. The zero-order chi connectivity index (χ0) is 14.5. The minimum atomic E-state index is 0.374. The fourth-order valence-electron chi connectivity index (χ4n) is 2.92. The van der Waals surface area contributed by atoms with Crippen LogP contribution in [0.4, 0.5) is 5.82 Å². The van der Waals surface area contributed by atoms with Gasteiger partial charge in [0.2, 0.25) is 0 Å². The van der Waals surface area contributed by atoms with Crippen molar-refractivity contribution in [3.8, 4) is 0 Å². The van der Waals surface area contributed by atoms with Gasteiger partial charge in [0, 0.05) is 43.8 Å². The number of anilines is 1. The summed E-state index contributed by atoms with van der Waals surface area (Å²) in [5.74, 6) is 1.10. The summed E-state index contributed by atoms with van der Waals surface area (Å²) in [6.45, 7) is 4.36. The number of hydrogen-bond acceptors (Lipinski definition) is 4. The molecule has 4 heteroatoms. The van der Waals surface area contributed by atoms with Crippen LogP contribution in [0.15, 0.2) is 48.9 Å².